The minimum absolute atomic E-state index is 0.00555. The summed E-state index contributed by atoms with van der Waals surface area (Å²) in [5.41, 5.74) is 0. The van der Waals surface area contributed by atoms with Gasteiger partial charge in [0.1, 0.15) is 5.75 Å². The summed E-state index contributed by atoms with van der Waals surface area (Å²) in [6, 6.07) is 5.18. The topological polar surface area (TPSA) is 29.5 Å². The summed E-state index contributed by atoms with van der Waals surface area (Å²) in [6.45, 7) is 5.64. The molecule has 0 aromatic heterocycles. The predicted octanol–water partition coefficient (Wildman–Crippen LogP) is 3.80. The van der Waals surface area contributed by atoms with Gasteiger partial charge < -0.3 is 9.64 Å². The Labute approximate surface area is 129 Å². The van der Waals surface area contributed by atoms with Crippen LogP contribution >= 0.6 is 23.2 Å². The largest absolute Gasteiger partial charge is 0.493 e. The number of hydrogen-bond acceptors (Lipinski definition) is 2. The van der Waals surface area contributed by atoms with E-state index in [2.05, 4.69) is 6.58 Å². The number of halogens is 2. The van der Waals surface area contributed by atoms with Crippen molar-refractivity contribution < 1.29 is 9.53 Å². The van der Waals surface area contributed by atoms with E-state index in [-0.39, 0.29) is 5.91 Å². The zero-order valence-corrected chi connectivity index (χ0v) is 12.7. The Balaban J connectivity index is 1.81. The van der Waals surface area contributed by atoms with Crippen LogP contribution in [-0.4, -0.2) is 30.5 Å². The molecule has 20 heavy (non-hydrogen) atoms. The maximum absolute atomic E-state index is 11.5. The van der Waals surface area contributed by atoms with Crippen molar-refractivity contribution in [2.24, 2.45) is 5.92 Å². The molecule has 1 heterocycles. The monoisotopic (exact) mass is 313 g/mol. The lowest BCUT2D eigenvalue weighted by molar-refractivity contribution is -0.127. The molecule has 0 atom stereocenters. The fourth-order valence-electron chi connectivity index (χ4n) is 2.28. The number of hydrogen-bond donors (Lipinski definition) is 0. The Morgan fingerprint density at radius 3 is 2.45 bits per heavy atom. The van der Waals surface area contributed by atoms with Crippen LogP contribution < -0.4 is 4.74 Å². The molecular formula is C15H17Cl2NO2. The molecule has 0 bridgehead atoms. The van der Waals surface area contributed by atoms with E-state index in [4.69, 9.17) is 27.9 Å². The van der Waals surface area contributed by atoms with E-state index in [9.17, 15) is 4.79 Å². The first-order valence-corrected chi connectivity index (χ1v) is 7.34. The molecule has 108 valence electrons. The van der Waals surface area contributed by atoms with Gasteiger partial charge in [-0.2, -0.15) is 0 Å². The van der Waals surface area contributed by atoms with E-state index < -0.39 is 0 Å². The highest BCUT2D eigenvalue weighted by Gasteiger charge is 2.21. The van der Waals surface area contributed by atoms with Gasteiger partial charge >= 0.3 is 0 Å². The van der Waals surface area contributed by atoms with E-state index in [0.717, 1.165) is 25.9 Å². The molecule has 1 aliphatic rings. The van der Waals surface area contributed by atoms with E-state index in [1.165, 1.54) is 6.08 Å². The van der Waals surface area contributed by atoms with Gasteiger partial charge in [0.15, 0.2) is 0 Å². The molecule has 1 fully saturated rings. The molecule has 0 aliphatic carbocycles. The zero-order valence-electron chi connectivity index (χ0n) is 11.1. The van der Waals surface area contributed by atoms with Gasteiger partial charge in [-0.15, -0.1) is 0 Å². The fourth-order valence-corrected chi connectivity index (χ4v) is 2.78. The van der Waals surface area contributed by atoms with Crippen LogP contribution in [0, 0.1) is 5.92 Å². The van der Waals surface area contributed by atoms with Crippen LogP contribution in [-0.2, 0) is 4.79 Å². The predicted molar refractivity (Wildman–Crippen MR) is 81.5 cm³/mol. The lowest BCUT2D eigenvalue weighted by Crippen LogP contribution is -2.38. The van der Waals surface area contributed by atoms with Gasteiger partial charge in [0, 0.05) is 23.1 Å². The second-order valence-electron chi connectivity index (χ2n) is 4.89. The van der Waals surface area contributed by atoms with Gasteiger partial charge in [0.25, 0.3) is 0 Å². The molecule has 0 spiro atoms. The first-order chi connectivity index (χ1) is 9.58. The molecule has 0 radical (unpaired) electrons. The molecule has 1 amide bonds. The number of likely N-dealkylation sites (tertiary alicyclic amines) is 1. The molecule has 1 aromatic carbocycles. The summed E-state index contributed by atoms with van der Waals surface area (Å²) < 4.78 is 5.74. The fraction of sp³-hybridized carbons (Fsp3) is 0.400. The van der Waals surface area contributed by atoms with Crippen molar-refractivity contribution in [3.8, 4) is 5.75 Å². The third-order valence-electron chi connectivity index (χ3n) is 3.42. The summed E-state index contributed by atoms with van der Waals surface area (Å²) in [6.07, 6.45) is 3.24. The molecule has 2 rings (SSSR count). The van der Waals surface area contributed by atoms with Crippen molar-refractivity contribution in [1.29, 1.82) is 0 Å². The summed E-state index contributed by atoms with van der Waals surface area (Å²) in [7, 11) is 0. The molecule has 0 saturated carbocycles. The summed E-state index contributed by atoms with van der Waals surface area (Å²) >= 11 is 11.8. The maximum Gasteiger partial charge on any atom is 0.245 e. The molecular weight excluding hydrogens is 297 g/mol. The Morgan fingerprint density at radius 2 is 1.90 bits per heavy atom. The number of amides is 1. The van der Waals surface area contributed by atoms with Crippen molar-refractivity contribution in [2.75, 3.05) is 19.7 Å². The quantitative estimate of drug-likeness (QED) is 0.791. The van der Waals surface area contributed by atoms with Gasteiger partial charge in [-0.1, -0.05) is 29.8 Å². The number of benzene rings is 1. The van der Waals surface area contributed by atoms with Crippen LogP contribution in [0.1, 0.15) is 12.8 Å². The van der Waals surface area contributed by atoms with Crippen LogP contribution in [0.4, 0.5) is 0 Å². The second-order valence-corrected chi connectivity index (χ2v) is 5.76. The van der Waals surface area contributed by atoms with Crippen LogP contribution in [0.15, 0.2) is 30.9 Å². The van der Waals surface area contributed by atoms with Crippen molar-refractivity contribution in [3.05, 3.63) is 40.9 Å². The summed E-state index contributed by atoms with van der Waals surface area (Å²) in [5, 5.41) is 1.14. The zero-order chi connectivity index (χ0) is 14.5. The smallest absolute Gasteiger partial charge is 0.245 e. The Kier molecular flexibility index (Phi) is 5.32. The SMILES string of the molecule is C=CC(=O)N1CCC(COc2cc(Cl)cc(Cl)c2)CC1. The molecule has 5 heteroatoms. The third kappa shape index (κ3) is 4.15. The normalized spacial score (nSPS) is 16.0. The average Bonchev–Trinajstić information content (AvgIpc) is 2.44. The van der Waals surface area contributed by atoms with E-state index >= 15 is 0 Å². The molecule has 1 aromatic rings. The molecule has 0 unspecified atom stereocenters. The minimum atomic E-state index is 0.00555. The van der Waals surface area contributed by atoms with Crippen LogP contribution in [0.25, 0.3) is 0 Å². The third-order valence-corrected chi connectivity index (χ3v) is 3.86. The van der Waals surface area contributed by atoms with Crippen LogP contribution in [0.3, 0.4) is 0 Å². The Morgan fingerprint density at radius 1 is 1.30 bits per heavy atom. The van der Waals surface area contributed by atoms with Gasteiger partial charge in [0.2, 0.25) is 5.91 Å². The Hall–Kier alpha value is -1.19. The molecule has 3 nitrogen and oxygen atoms in total. The number of carbonyl (C=O) groups is 1. The number of ether oxygens (including phenoxy) is 1. The highest BCUT2D eigenvalue weighted by Crippen LogP contribution is 2.25. The molecule has 0 N–H and O–H groups in total. The van der Waals surface area contributed by atoms with Gasteiger partial charge in [0.05, 0.1) is 6.61 Å². The highest BCUT2D eigenvalue weighted by atomic mass is 35.5. The maximum atomic E-state index is 11.5. The number of carbonyl (C=O) groups excluding carboxylic acids is 1. The van der Waals surface area contributed by atoms with E-state index in [1.807, 2.05) is 4.90 Å². The van der Waals surface area contributed by atoms with E-state index in [0.29, 0.717) is 28.3 Å². The molecule has 1 aliphatic heterocycles. The number of piperidine rings is 1. The standard InChI is InChI=1S/C15H17Cl2NO2/c1-2-15(19)18-5-3-11(4-6-18)10-20-14-8-12(16)7-13(17)9-14/h2,7-9,11H,1,3-6,10H2. The number of rotatable bonds is 4. The van der Waals surface area contributed by atoms with E-state index in [1.54, 1.807) is 18.2 Å². The lowest BCUT2D eigenvalue weighted by Gasteiger charge is -2.31. The highest BCUT2D eigenvalue weighted by molar-refractivity contribution is 6.34. The number of nitrogens with zero attached hydrogens (tertiary/aromatic N) is 1. The van der Waals surface area contributed by atoms with Gasteiger partial charge in [-0.05, 0) is 43.0 Å². The van der Waals surface area contributed by atoms with Crippen molar-refractivity contribution in [3.63, 3.8) is 0 Å². The van der Waals surface area contributed by atoms with Crippen molar-refractivity contribution in [1.82, 2.24) is 4.90 Å². The van der Waals surface area contributed by atoms with Crippen LogP contribution in [0.5, 0.6) is 5.75 Å². The minimum Gasteiger partial charge on any atom is -0.493 e. The molecule has 1 saturated heterocycles. The van der Waals surface area contributed by atoms with Crippen molar-refractivity contribution >= 4 is 29.1 Å². The van der Waals surface area contributed by atoms with Crippen LogP contribution in [0.2, 0.25) is 10.0 Å². The van der Waals surface area contributed by atoms with Gasteiger partial charge in [-0.3, -0.25) is 4.79 Å². The second kappa shape index (κ2) is 7.00. The van der Waals surface area contributed by atoms with Gasteiger partial charge in [-0.25, -0.2) is 0 Å². The Bertz CT molecular complexity index is 476. The summed E-state index contributed by atoms with van der Waals surface area (Å²) in [5.74, 6) is 1.14. The first kappa shape index (κ1) is 15.2. The first-order valence-electron chi connectivity index (χ1n) is 6.58. The lowest BCUT2D eigenvalue weighted by atomic mass is 9.98. The summed E-state index contributed by atoms with van der Waals surface area (Å²) in [4.78, 5) is 13.3. The van der Waals surface area contributed by atoms with Crippen molar-refractivity contribution in [2.45, 2.75) is 12.8 Å². The average molecular weight is 314 g/mol.